The van der Waals surface area contributed by atoms with E-state index in [0.717, 1.165) is 12.0 Å². The van der Waals surface area contributed by atoms with Crippen LogP contribution in [0.1, 0.15) is 49.4 Å². The molecule has 0 amide bonds. The van der Waals surface area contributed by atoms with E-state index in [2.05, 4.69) is 19.9 Å². The van der Waals surface area contributed by atoms with Crippen LogP contribution in [0.4, 0.5) is 0 Å². The minimum atomic E-state index is 0.241. The van der Waals surface area contributed by atoms with Crippen molar-refractivity contribution in [3.63, 3.8) is 0 Å². The molecule has 1 aromatic carbocycles. The largest absolute Gasteiger partial charge is 0.507 e. The fourth-order valence-electron chi connectivity index (χ4n) is 2.01. The number of phenols is 2. The van der Waals surface area contributed by atoms with Gasteiger partial charge >= 0.3 is 0 Å². The predicted molar refractivity (Wildman–Crippen MR) is 82.4 cm³/mol. The molecule has 19 heavy (non-hydrogen) atoms. The Balaban J connectivity index is 3.43. The molecule has 2 heteroatoms. The van der Waals surface area contributed by atoms with Crippen molar-refractivity contribution in [2.45, 2.75) is 41.0 Å². The van der Waals surface area contributed by atoms with Crippen LogP contribution in [0.3, 0.4) is 0 Å². The van der Waals surface area contributed by atoms with E-state index in [1.54, 1.807) is 0 Å². The van der Waals surface area contributed by atoms with Crippen molar-refractivity contribution in [2.75, 3.05) is 0 Å². The zero-order chi connectivity index (χ0) is 14.6. The lowest BCUT2D eigenvalue weighted by molar-refractivity contribution is 0.451. The van der Waals surface area contributed by atoms with Crippen LogP contribution in [0.15, 0.2) is 12.2 Å². The van der Waals surface area contributed by atoms with Gasteiger partial charge in [0.1, 0.15) is 11.5 Å². The van der Waals surface area contributed by atoms with Gasteiger partial charge in [-0.05, 0) is 26.7 Å². The average molecular weight is 260 g/mol. The Labute approximate surface area is 116 Å². The highest BCUT2D eigenvalue weighted by molar-refractivity contribution is 5.75. The maximum absolute atomic E-state index is 10.4. The molecule has 1 rings (SSSR count). The molecule has 0 bridgehead atoms. The summed E-state index contributed by atoms with van der Waals surface area (Å²) < 4.78 is 0. The predicted octanol–water partition coefficient (Wildman–Crippen LogP) is 4.81. The number of allylic oxidation sites excluding steroid dienone is 2. The van der Waals surface area contributed by atoms with Gasteiger partial charge in [-0.15, -0.1) is 0 Å². The smallest absolute Gasteiger partial charge is 0.130 e. The summed E-state index contributed by atoms with van der Waals surface area (Å²) in [6, 6.07) is 0. The van der Waals surface area contributed by atoms with Crippen molar-refractivity contribution in [1.82, 2.24) is 0 Å². The van der Waals surface area contributed by atoms with Crippen LogP contribution in [0.2, 0.25) is 0 Å². The van der Waals surface area contributed by atoms with Crippen molar-refractivity contribution in [3.8, 4) is 11.5 Å². The lowest BCUT2D eigenvalue weighted by Crippen LogP contribution is -1.93. The standard InChI is InChI=1S/C17H24O2/c1-6-8-14-12(4)16(18)13(5)15(17(14)19)10-9-11(3)7-2/h6,8-11,18-19H,7H2,1-5H3/b8-6-,10-9-. The Morgan fingerprint density at radius 3 is 2.00 bits per heavy atom. The van der Waals surface area contributed by atoms with Gasteiger partial charge in [0.15, 0.2) is 0 Å². The molecule has 0 aliphatic heterocycles. The minimum absolute atomic E-state index is 0.241. The summed E-state index contributed by atoms with van der Waals surface area (Å²) >= 11 is 0. The molecule has 0 radical (unpaired) electrons. The fraction of sp³-hybridized carbons (Fsp3) is 0.412. The Morgan fingerprint density at radius 1 is 1.00 bits per heavy atom. The Bertz CT molecular complexity index is 511. The molecule has 0 aliphatic rings. The van der Waals surface area contributed by atoms with Crippen molar-refractivity contribution in [1.29, 1.82) is 0 Å². The molecule has 1 unspecified atom stereocenters. The van der Waals surface area contributed by atoms with Gasteiger partial charge in [-0.2, -0.15) is 0 Å². The Morgan fingerprint density at radius 2 is 1.53 bits per heavy atom. The Kier molecular flexibility index (Phi) is 5.22. The number of rotatable bonds is 4. The molecule has 0 saturated heterocycles. The number of hydrogen-bond acceptors (Lipinski definition) is 2. The van der Waals surface area contributed by atoms with E-state index in [4.69, 9.17) is 0 Å². The molecule has 1 aromatic rings. The number of hydrogen-bond donors (Lipinski definition) is 2. The molecule has 0 heterocycles. The first-order valence-electron chi connectivity index (χ1n) is 6.79. The molecule has 0 aromatic heterocycles. The zero-order valence-corrected chi connectivity index (χ0v) is 12.5. The van der Waals surface area contributed by atoms with Gasteiger partial charge in [-0.1, -0.05) is 44.6 Å². The highest BCUT2D eigenvalue weighted by Crippen LogP contribution is 2.38. The number of benzene rings is 1. The van der Waals surface area contributed by atoms with E-state index in [0.29, 0.717) is 22.6 Å². The van der Waals surface area contributed by atoms with Crippen molar-refractivity contribution >= 4 is 12.2 Å². The summed E-state index contributed by atoms with van der Waals surface area (Å²) in [6.07, 6.45) is 8.71. The number of phenolic OH excluding ortho intramolecular Hbond substituents is 2. The minimum Gasteiger partial charge on any atom is -0.507 e. The van der Waals surface area contributed by atoms with Crippen molar-refractivity contribution in [2.24, 2.45) is 5.92 Å². The van der Waals surface area contributed by atoms with E-state index in [1.807, 2.05) is 39.0 Å². The van der Waals surface area contributed by atoms with E-state index in [-0.39, 0.29) is 11.5 Å². The molecular weight excluding hydrogens is 236 g/mol. The second-order valence-corrected chi connectivity index (χ2v) is 5.02. The second-order valence-electron chi connectivity index (χ2n) is 5.02. The Hall–Kier alpha value is -1.70. The van der Waals surface area contributed by atoms with Crippen LogP contribution < -0.4 is 0 Å². The van der Waals surface area contributed by atoms with Crippen LogP contribution in [-0.4, -0.2) is 10.2 Å². The highest BCUT2D eigenvalue weighted by atomic mass is 16.3. The quantitative estimate of drug-likeness (QED) is 0.763. The lowest BCUT2D eigenvalue weighted by atomic mass is 9.95. The van der Waals surface area contributed by atoms with Gasteiger partial charge in [0, 0.05) is 22.3 Å². The van der Waals surface area contributed by atoms with Crippen LogP contribution in [-0.2, 0) is 0 Å². The van der Waals surface area contributed by atoms with Gasteiger partial charge in [0.05, 0.1) is 0 Å². The molecule has 0 saturated carbocycles. The van der Waals surface area contributed by atoms with Gasteiger partial charge in [0.25, 0.3) is 0 Å². The molecule has 2 N–H and O–H groups in total. The summed E-state index contributed by atoms with van der Waals surface area (Å²) in [4.78, 5) is 0. The summed E-state index contributed by atoms with van der Waals surface area (Å²) in [6.45, 7) is 9.80. The van der Waals surface area contributed by atoms with E-state index in [9.17, 15) is 10.2 Å². The van der Waals surface area contributed by atoms with E-state index >= 15 is 0 Å². The fourth-order valence-corrected chi connectivity index (χ4v) is 2.01. The SMILES string of the molecule is C/C=C\c1c(C)c(O)c(C)c(/C=C\C(C)CC)c1O. The summed E-state index contributed by atoms with van der Waals surface area (Å²) in [5.41, 5.74) is 2.84. The summed E-state index contributed by atoms with van der Waals surface area (Å²) in [5.74, 6) is 0.951. The third kappa shape index (κ3) is 3.19. The van der Waals surface area contributed by atoms with Crippen LogP contribution in [0, 0.1) is 19.8 Å². The topological polar surface area (TPSA) is 40.5 Å². The maximum Gasteiger partial charge on any atom is 0.130 e. The van der Waals surface area contributed by atoms with Gasteiger partial charge in [-0.3, -0.25) is 0 Å². The van der Waals surface area contributed by atoms with Crippen molar-refractivity contribution < 1.29 is 10.2 Å². The lowest BCUT2D eigenvalue weighted by Gasteiger charge is -2.14. The van der Waals surface area contributed by atoms with Gasteiger partial charge < -0.3 is 10.2 Å². The van der Waals surface area contributed by atoms with Crippen LogP contribution >= 0.6 is 0 Å². The monoisotopic (exact) mass is 260 g/mol. The first kappa shape index (κ1) is 15.4. The first-order valence-corrected chi connectivity index (χ1v) is 6.79. The number of aromatic hydroxyl groups is 2. The van der Waals surface area contributed by atoms with Crippen LogP contribution in [0.25, 0.3) is 12.2 Å². The second kappa shape index (κ2) is 6.46. The zero-order valence-electron chi connectivity index (χ0n) is 12.5. The van der Waals surface area contributed by atoms with Crippen molar-refractivity contribution in [3.05, 3.63) is 34.4 Å². The summed E-state index contributed by atoms with van der Waals surface area (Å²) in [7, 11) is 0. The average Bonchev–Trinajstić information content (AvgIpc) is 2.41. The van der Waals surface area contributed by atoms with Gasteiger partial charge in [0.2, 0.25) is 0 Å². The van der Waals surface area contributed by atoms with E-state index in [1.165, 1.54) is 0 Å². The summed E-state index contributed by atoms with van der Waals surface area (Å²) in [5, 5.41) is 20.5. The molecule has 1 atom stereocenters. The molecule has 104 valence electrons. The molecule has 0 aliphatic carbocycles. The van der Waals surface area contributed by atoms with Crippen LogP contribution in [0.5, 0.6) is 11.5 Å². The van der Waals surface area contributed by atoms with Gasteiger partial charge in [-0.25, -0.2) is 0 Å². The molecular formula is C17H24O2. The molecule has 0 spiro atoms. The highest BCUT2D eigenvalue weighted by Gasteiger charge is 2.15. The third-order valence-electron chi connectivity index (χ3n) is 3.60. The molecule has 2 nitrogen and oxygen atoms in total. The van der Waals surface area contributed by atoms with E-state index < -0.39 is 0 Å². The maximum atomic E-state index is 10.4. The normalized spacial score (nSPS) is 13.5. The first-order chi connectivity index (χ1) is 8.93. The third-order valence-corrected chi connectivity index (χ3v) is 3.60. The molecule has 0 fully saturated rings.